The number of carbonyl (C=O) groups excluding carboxylic acids is 1. The summed E-state index contributed by atoms with van der Waals surface area (Å²) in [6.07, 6.45) is 0.735. The van der Waals surface area contributed by atoms with E-state index in [2.05, 4.69) is 10.3 Å². The number of H-pyrrole nitrogens is 1. The van der Waals surface area contributed by atoms with Gasteiger partial charge in [-0.1, -0.05) is 23.7 Å². The van der Waals surface area contributed by atoms with Crippen molar-refractivity contribution in [1.29, 1.82) is 5.26 Å². The lowest BCUT2D eigenvalue weighted by molar-refractivity contribution is -0.121. The molecule has 0 unspecified atom stereocenters. The van der Waals surface area contributed by atoms with Gasteiger partial charge in [-0.25, -0.2) is 0 Å². The van der Waals surface area contributed by atoms with Gasteiger partial charge < -0.3 is 10.3 Å². The number of benzene rings is 1. The van der Waals surface area contributed by atoms with Crippen molar-refractivity contribution >= 4 is 17.5 Å². The molecule has 2 N–H and O–H groups in total. The molecule has 0 bridgehead atoms. The molecule has 1 atom stereocenters. The van der Waals surface area contributed by atoms with Crippen LogP contribution in [0.5, 0.6) is 0 Å². The second kappa shape index (κ2) is 8.00. The van der Waals surface area contributed by atoms with Crippen LogP contribution in [-0.2, 0) is 11.2 Å². The number of hydrogen-bond donors (Lipinski definition) is 2. The van der Waals surface area contributed by atoms with Crippen LogP contribution in [0, 0.1) is 25.2 Å². The van der Waals surface area contributed by atoms with E-state index in [0.29, 0.717) is 22.7 Å². The topological polar surface area (TPSA) is 85.8 Å². The molecule has 2 aromatic rings. The van der Waals surface area contributed by atoms with Gasteiger partial charge in [-0.2, -0.15) is 5.26 Å². The van der Waals surface area contributed by atoms with Crippen LogP contribution >= 0.6 is 11.6 Å². The third kappa shape index (κ3) is 4.49. The van der Waals surface area contributed by atoms with Crippen molar-refractivity contribution in [1.82, 2.24) is 10.3 Å². The van der Waals surface area contributed by atoms with Gasteiger partial charge in [-0.05, 0) is 56.0 Å². The number of amides is 1. The van der Waals surface area contributed by atoms with Crippen LogP contribution in [0.25, 0.3) is 0 Å². The number of hydrogen-bond acceptors (Lipinski definition) is 3. The summed E-state index contributed by atoms with van der Waals surface area (Å²) in [5, 5.41) is 12.7. The second-order valence-electron chi connectivity index (χ2n) is 6.01. The molecule has 0 aliphatic carbocycles. The maximum absolute atomic E-state index is 12.2. The Balaban J connectivity index is 2.04. The molecule has 2 rings (SSSR count). The number of aryl methyl sites for hydroxylation is 1. The zero-order valence-corrected chi connectivity index (χ0v) is 15.2. The fourth-order valence-electron chi connectivity index (χ4n) is 2.81. The van der Waals surface area contributed by atoms with E-state index in [9.17, 15) is 9.59 Å². The molecule has 0 saturated heterocycles. The number of carbonyl (C=O) groups is 1. The van der Waals surface area contributed by atoms with Crippen LogP contribution in [0.1, 0.15) is 47.3 Å². The van der Waals surface area contributed by atoms with E-state index in [0.717, 1.165) is 11.1 Å². The number of pyridine rings is 1. The smallest absolute Gasteiger partial charge is 0.266 e. The Hall–Kier alpha value is -2.58. The van der Waals surface area contributed by atoms with E-state index in [1.54, 1.807) is 26.0 Å². The number of rotatable bonds is 5. The SMILES string of the molecule is Cc1[nH]c(=O)c(C#N)c(C)c1CCC(=O)N[C@H](C)c1ccc(Cl)cc1. The van der Waals surface area contributed by atoms with Crippen molar-refractivity contribution in [3.63, 3.8) is 0 Å². The largest absolute Gasteiger partial charge is 0.350 e. The first-order valence-electron chi connectivity index (χ1n) is 8.00. The summed E-state index contributed by atoms with van der Waals surface area (Å²) >= 11 is 5.87. The van der Waals surface area contributed by atoms with Crippen LogP contribution < -0.4 is 10.9 Å². The summed E-state index contributed by atoms with van der Waals surface area (Å²) in [4.78, 5) is 26.7. The highest BCUT2D eigenvalue weighted by Crippen LogP contribution is 2.17. The molecular weight excluding hydrogens is 338 g/mol. The first kappa shape index (κ1) is 18.8. The molecule has 0 aliphatic heterocycles. The van der Waals surface area contributed by atoms with Crippen molar-refractivity contribution in [3.05, 3.63) is 67.6 Å². The van der Waals surface area contributed by atoms with Crippen molar-refractivity contribution < 1.29 is 4.79 Å². The lowest BCUT2D eigenvalue weighted by atomic mass is 9.99. The predicted octanol–water partition coefficient (Wildman–Crippen LogP) is 3.33. The molecule has 0 saturated carbocycles. The van der Waals surface area contributed by atoms with E-state index < -0.39 is 0 Å². The van der Waals surface area contributed by atoms with Gasteiger partial charge in [0, 0.05) is 17.1 Å². The van der Waals surface area contributed by atoms with Crippen molar-refractivity contribution in [3.8, 4) is 6.07 Å². The van der Waals surface area contributed by atoms with E-state index in [1.165, 1.54) is 0 Å². The summed E-state index contributed by atoms with van der Waals surface area (Å²) in [6, 6.07) is 9.13. The molecule has 0 fully saturated rings. The minimum absolute atomic E-state index is 0.0917. The van der Waals surface area contributed by atoms with E-state index >= 15 is 0 Å². The first-order valence-corrected chi connectivity index (χ1v) is 8.38. The first-order chi connectivity index (χ1) is 11.8. The number of nitrogens with one attached hydrogen (secondary N) is 2. The molecular formula is C19H20ClN3O2. The molecule has 5 nitrogen and oxygen atoms in total. The fraction of sp³-hybridized carbons (Fsp3) is 0.316. The molecule has 1 aromatic heterocycles. The van der Waals surface area contributed by atoms with Crippen molar-refractivity contribution in [2.75, 3.05) is 0 Å². The molecule has 6 heteroatoms. The van der Waals surface area contributed by atoms with Crippen LogP contribution in [0.4, 0.5) is 0 Å². The maximum Gasteiger partial charge on any atom is 0.266 e. The minimum Gasteiger partial charge on any atom is -0.350 e. The van der Waals surface area contributed by atoms with Crippen LogP contribution in [0.2, 0.25) is 5.02 Å². The van der Waals surface area contributed by atoms with Gasteiger partial charge in [0.1, 0.15) is 11.6 Å². The molecule has 1 aromatic carbocycles. The highest BCUT2D eigenvalue weighted by Gasteiger charge is 2.14. The predicted molar refractivity (Wildman–Crippen MR) is 97.6 cm³/mol. The maximum atomic E-state index is 12.2. The normalized spacial score (nSPS) is 11.6. The molecule has 1 amide bonds. The number of nitrogens with zero attached hydrogens (tertiary/aromatic N) is 1. The summed E-state index contributed by atoms with van der Waals surface area (Å²) in [5.74, 6) is -0.0917. The van der Waals surface area contributed by atoms with Gasteiger partial charge >= 0.3 is 0 Å². The van der Waals surface area contributed by atoms with Gasteiger partial charge in [0.2, 0.25) is 5.91 Å². The fourth-order valence-corrected chi connectivity index (χ4v) is 2.93. The minimum atomic E-state index is -0.387. The zero-order valence-electron chi connectivity index (χ0n) is 14.4. The summed E-state index contributed by atoms with van der Waals surface area (Å²) in [7, 11) is 0. The number of aromatic nitrogens is 1. The number of halogens is 1. The third-order valence-electron chi connectivity index (χ3n) is 4.27. The third-order valence-corrected chi connectivity index (χ3v) is 4.52. The van der Waals surface area contributed by atoms with Crippen LogP contribution in [0.3, 0.4) is 0 Å². The summed E-state index contributed by atoms with van der Waals surface area (Å²) < 4.78 is 0. The molecule has 25 heavy (non-hydrogen) atoms. The lowest BCUT2D eigenvalue weighted by Gasteiger charge is -2.15. The molecule has 1 heterocycles. The van der Waals surface area contributed by atoms with E-state index in [-0.39, 0.29) is 29.5 Å². The average Bonchev–Trinajstić information content (AvgIpc) is 2.55. The lowest BCUT2D eigenvalue weighted by Crippen LogP contribution is -2.27. The molecule has 0 aliphatic rings. The second-order valence-corrected chi connectivity index (χ2v) is 6.45. The molecule has 0 spiro atoms. The zero-order chi connectivity index (χ0) is 18.6. The van der Waals surface area contributed by atoms with Crippen molar-refractivity contribution in [2.24, 2.45) is 0 Å². The summed E-state index contributed by atoms with van der Waals surface area (Å²) in [6.45, 7) is 5.43. The van der Waals surface area contributed by atoms with Crippen LogP contribution in [-0.4, -0.2) is 10.9 Å². The van der Waals surface area contributed by atoms with Gasteiger partial charge in [-0.15, -0.1) is 0 Å². The number of aromatic amines is 1. The van der Waals surface area contributed by atoms with Gasteiger partial charge in [0.25, 0.3) is 5.56 Å². The molecule has 130 valence electrons. The van der Waals surface area contributed by atoms with Gasteiger partial charge in [0.05, 0.1) is 6.04 Å². The van der Waals surface area contributed by atoms with E-state index in [4.69, 9.17) is 16.9 Å². The highest BCUT2D eigenvalue weighted by molar-refractivity contribution is 6.30. The monoisotopic (exact) mass is 357 g/mol. The van der Waals surface area contributed by atoms with Crippen LogP contribution in [0.15, 0.2) is 29.1 Å². The Labute approximate surface area is 151 Å². The number of nitriles is 1. The Kier molecular flexibility index (Phi) is 6.00. The average molecular weight is 358 g/mol. The van der Waals surface area contributed by atoms with Gasteiger partial charge in [0.15, 0.2) is 0 Å². The Morgan fingerprint density at radius 1 is 1.32 bits per heavy atom. The summed E-state index contributed by atoms with van der Waals surface area (Å²) in [5.41, 5.74) is 2.87. The quantitative estimate of drug-likeness (QED) is 0.860. The standard InChI is InChI=1S/C19H20ClN3O2/c1-11-16(13(3)23-19(25)17(11)10-21)8-9-18(24)22-12(2)14-4-6-15(20)7-5-14/h4-7,12H,8-9H2,1-3H3,(H,22,24)(H,23,25)/t12-/m1/s1. The van der Waals surface area contributed by atoms with E-state index in [1.807, 2.05) is 25.1 Å². The van der Waals surface area contributed by atoms with Crippen molar-refractivity contribution in [2.45, 2.75) is 39.7 Å². The Morgan fingerprint density at radius 3 is 2.56 bits per heavy atom. The van der Waals surface area contributed by atoms with Gasteiger partial charge in [-0.3, -0.25) is 9.59 Å². The molecule has 0 radical (unpaired) electrons. The Bertz CT molecular complexity index is 879. The highest BCUT2D eigenvalue weighted by atomic mass is 35.5. The Morgan fingerprint density at radius 2 is 1.96 bits per heavy atom.